The Balaban J connectivity index is 1.93. The molecule has 0 spiro atoms. The van der Waals surface area contributed by atoms with Crippen molar-refractivity contribution in [2.24, 2.45) is 5.73 Å². The van der Waals surface area contributed by atoms with Crippen LogP contribution in [0.1, 0.15) is 35.6 Å². The molecule has 1 fully saturated rings. The van der Waals surface area contributed by atoms with Crippen molar-refractivity contribution in [2.45, 2.75) is 38.3 Å². The Labute approximate surface area is 189 Å². The summed E-state index contributed by atoms with van der Waals surface area (Å²) < 4.78 is 18.0. The number of methoxy groups -OCH3 is 1. The van der Waals surface area contributed by atoms with Crippen LogP contribution in [0.2, 0.25) is 10.0 Å². The minimum Gasteiger partial charge on any atom is -0.465 e. The number of aryl methyl sites for hydroxylation is 1. The van der Waals surface area contributed by atoms with E-state index in [-0.39, 0.29) is 28.7 Å². The fourth-order valence-electron chi connectivity index (χ4n) is 4.14. The van der Waals surface area contributed by atoms with Gasteiger partial charge in [-0.3, -0.25) is 4.79 Å². The number of nitrogens with two attached hydrogens (primary N) is 1. The number of carbonyl (C=O) groups is 1. The maximum Gasteiger partial charge on any atom is 0.340 e. The van der Waals surface area contributed by atoms with Crippen LogP contribution in [-0.4, -0.2) is 30.4 Å². The molecule has 1 aromatic carbocycles. The number of benzene rings is 1. The second-order valence-corrected chi connectivity index (χ2v) is 8.41. The Morgan fingerprint density at radius 3 is 2.71 bits per heavy atom. The minimum atomic E-state index is -0.824. The number of fused-ring (bicyclic) bond motifs is 1. The molecular weight excluding hydrogens is 443 g/mol. The number of pyridine rings is 1. The van der Waals surface area contributed by atoms with E-state index in [0.717, 1.165) is 12.8 Å². The van der Waals surface area contributed by atoms with E-state index in [9.17, 15) is 9.59 Å². The Morgan fingerprint density at radius 1 is 1.29 bits per heavy atom. The molecule has 0 amide bonds. The molecule has 0 unspecified atom stereocenters. The van der Waals surface area contributed by atoms with E-state index in [4.69, 9.17) is 43.1 Å². The van der Waals surface area contributed by atoms with E-state index in [0.29, 0.717) is 40.2 Å². The molecule has 0 bridgehead atoms. The molecule has 164 valence electrons. The second-order valence-electron chi connectivity index (χ2n) is 7.59. The fourth-order valence-corrected chi connectivity index (χ4v) is 4.45. The highest BCUT2D eigenvalue weighted by Gasteiger charge is 2.38. The van der Waals surface area contributed by atoms with Crippen LogP contribution in [0.15, 0.2) is 40.5 Å². The number of carbonyl (C=O) groups excluding carboxylic acids is 1. The molecule has 2 aliphatic heterocycles. The molecule has 0 saturated carbocycles. The maximum absolute atomic E-state index is 13.7. The number of ether oxygens (including phenoxy) is 3. The zero-order valence-corrected chi connectivity index (χ0v) is 18.6. The molecule has 3 heterocycles. The van der Waals surface area contributed by atoms with E-state index in [2.05, 4.69) is 0 Å². The lowest BCUT2D eigenvalue weighted by Gasteiger charge is -2.29. The number of rotatable bonds is 4. The molecule has 7 nitrogen and oxygen atoms in total. The van der Waals surface area contributed by atoms with Crippen molar-refractivity contribution >= 4 is 29.2 Å². The van der Waals surface area contributed by atoms with Gasteiger partial charge in [-0.25, -0.2) is 4.79 Å². The summed E-state index contributed by atoms with van der Waals surface area (Å²) >= 11 is 12.3. The summed E-state index contributed by atoms with van der Waals surface area (Å²) in [5.41, 5.74) is 7.44. The van der Waals surface area contributed by atoms with Crippen molar-refractivity contribution < 1.29 is 19.0 Å². The molecule has 1 saturated heterocycles. The summed E-state index contributed by atoms with van der Waals surface area (Å²) in [5.74, 6) is -1.34. The van der Waals surface area contributed by atoms with Gasteiger partial charge in [-0.05, 0) is 37.5 Å². The molecule has 2 aromatic rings. The molecule has 2 N–H and O–H groups in total. The van der Waals surface area contributed by atoms with Crippen molar-refractivity contribution in [3.05, 3.63) is 72.9 Å². The average Bonchev–Trinajstić information content (AvgIpc) is 3.25. The van der Waals surface area contributed by atoms with Crippen molar-refractivity contribution in [3.8, 4) is 5.75 Å². The van der Waals surface area contributed by atoms with Gasteiger partial charge in [-0.15, -0.1) is 0 Å². The predicted molar refractivity (Wildman–Crippen MR) is 117 cm³/mol. The van der Waals surface area contributed by atoms with Crippen LogP contribution >= 0.6 is 23.2 Å². The van der Waals surface area contributed by atoms with Gasteiger partial charge >= 0.3 is 5.97 Å². The van der Waals surface area contributed by atoms with Crippen LogP contribution < -0.4 is 16.0 Å². The standard InChI is InChI=1S/C22H22Cl2N2O5/c1-11-8-16-18(21(27)26(11)10-13-4-3-7-30-13)17(12-5-6-14(23)15(24)9-12)19(20(25)31-16)22(28)29-2/h5-6,8-9,13,17H,3-4,7,10,25H2,1-2H3/t13-,17+/m0/s1. The van der Waals surface area contributed by atoms with Crippen LogP contribution in [0, 0.1) is 6.92 Å². The minimum absolute atomic E-state index is 0.0388. The molecule has 2 aliphatic rings. The quantitative estimate of drug-likeness (QED) is 0.695. The normalized spacial score (nSPS) is 20.4. The Kier molecular flexibility index (Phi) is 6.01. The average molecular weight is 465 g/mol. The van der Waals surface area contributed by atoms with E-state index in [1.807, 2.05) is 6.92 Å². The van der Waals surface area contributed by atoms with Gasteiger partial charge in [0.05, 0.1) is 41.3 Å². The van der Waals surface area contributed by atoms with Gasteiger partial charge in [-0.1, -0.05) is 29.3 Å². The van der Waals surface area contributed by atoms with E-state index in [1.54, 1.807) is 28.8 Å². The molecule has 31 heavy (non-hydrogen) atoms. The fraction of sp³-hybridized carbons (Fsp3) is 0.364. The molecule has 2 atom stereocenters. The third kappa shape index (κ3) is 3.93. The highest BCUT2D eigenvalue weighted by atomic mass is 35.5. The summed E-state index contributed by atoms with van der Waals surface area (Å²) in [6.07, 6.45) is 1.81. The predicted octanol–water partition coefficient (Wildman–Crippen LogP) is 3.51. The van der Waals surface area contributed by atoms with Gasteiger partial charge in [0.1, 0.15) is 11.3 Å². The first kappa shape index (κ1) is 21.7. The number of aromatic nitrogens is 1. The van der Waals surface area contributed by atoms with E-state index in [1.165, 1.54) is 7.11 Å². The number of hydrogen-bond donors (Lipinski definition) is 1. The third-order valence-corrected chi connectivity index (χ3v) is 6.40. The maximum atomic E-state index is 13.7. The van der Waals surface area contributed by atoms with Crippen LogP contribution in [0.25, 0.3) is 0 Å². The van der Waals surface area contributed by atoms with Gasteiger partial charge in [-0.2, -0.15) is 0 Å². The topological polar surface area (TPSA) is 92.8 Å². The van der Waals surface area contributed by atoms with Crippen LogP contribution in [0.5, 0.6) is 5.75 Å². The summed E-state index contributed by atoms with van der Waals surface area (Å²) in [6, 6.07) is 6.67. The zero-order chi connectivity index (χ0) is 22.3. The second kappa shape index (κ2) is 8.57. The zero-order valence-electron chi connectivity index (χ0n) is 17.1. The highest BCUT2D eigenvalue weighted by molar-refractivity contribution is 6.42. The molecule has 0 aliphatic carbocycles. The smallest absolute Gasteiger partial charge is 0.340 e. The molecule has 9 heteroatoms. The first-order valence-corrected chi connectivity index (χ1v) is 10.6. The Hall–Kier alpha value is -2.48. The van der Waals surface area contributed by atoms with Crippen molar-refractivity contribution in [1.82, 2.24) is 4.57 Å². The van der Waals surface area contributed by atoms with Crippen LogP contribution in [0.4, 0.5) is 0 Å². The van der Waals surface area contributed by atoms with Crippen molar-refractivity contribution in [2.75, 3.05) is 13.7 Å². The Bertz CT molecular complexity index is 1140. The lowest BCUT2D eigenvalue weighted by Crippen LogP contribution is -2.36. The van der Waals surface area contributed by atoms with Crippen LogP contribution in [0.3, 0.4) is 0 Å². The van der Waals surface area contributed by atoms with Crippen molar-refractivity contribution in [1.29, 1.82) is 0 Å². The third-order valence-electron chi connectivity index (χ3n) is 5.66. The largest absolute Gasteiger partial charge is 0.465 e. The van der Waals surface area contributed by atoms with Gasteiger partial charge in [0, 0.05) is 18.4 Å². The van der Waals surface area contributed by atoms with Gasteiger partial charge in [0.15, 0.2) is 0 Å². The van der Waals surface area contributed by atoms with Gasteiger partial charge in [0.2, 0.25) is 5.88 Å². The van der Waals surface area contributed by atoms with Crippen molar-refractivity contribution in [3.63, 3.8) is 0 Å². The molecule has 0 radical (unpaired) electrons. The highest BCUT2D eigenvalue weighted by Crippen LogP contribution is 2.42. The first-order chi connectivity index (χ1) is 14.8. The van der Waals surface area contributed by atoms with Crippen LogP contribution in [-0.2, 0) is 20.8 Å². The summed E-state index contributed by atoms with van der Waals surface area (Å²) in [4.78, 5) is 26.3. The lowest BCUT2D eigenvalue weighted by molar-refractivity contribution is -0.136. The summed E-state index contributed by atoms with van der Waals surface area (Å²) in [5, 5.41) is 0.649. The number of nitrogens with zero attached hydrogens (tertiary/aromatic N) is 1. The summed E-state index contributed by atoms with van der Waals surface area (Å²) in [6.45, 7) is 2.92. The lowest BCUT2D eigenvalue weighted by atomic mass is 9.83. The molecule has 4 rings (SSSR count). The van der Waals surface area contributed by atoms with Gasteiger partial charge < -0.3 is 24.5 Å². The first-order valence-electron chi connectivity index (χ1n) is 9.88. The number of hydrogen-bond acceptors (Lipinski definition) is 6. The number of halogens is 2. The van der Waals surface area contributed by atoms with Gasteiger partial charge in [0.25, 0.3) is 5.56 Å². The molecular formula is C22H22Cl2N2O5. The van der Waals surface area contributed by atoms with E-state index >= 15 is 0 Å². The molecule has 1 aromatic heterocycles. The van der Waals surface area contributed by atoms with E-state index < -0.39 is 11.9 Å². The SMILES string of the molecule is COC(=O)C1=C(N)Oc2cc(C)n(C[C@@H]3CCCO3)c(=O)c2[C@H]1c1ccc(Cl)c(Cl)c1. The summed E-state index contributed by atoms with van der Waals surface area (Å²) in [7, 11) is 1.24. The number of esters is 1. The monoisotopic (exact) mass is 464 g/mol. The Morgan fingerprint density at radius 2 is 2.06 bits per heavy atom.